The molecule has 0 radical (unpaired) electrons. The Morgan fingerprint density at radius 2 is 1.52 bits per heavy atom. The number of rotatable bonds is 4. The molecular formula is C22H32N2O. The number of hydrogen-bond acceptors (Lipinski definition) is 3. The van der Waals surface area contributed by atoms with E-state index < -0.39 is 6.10 Å². The first-order chi connectivity index (χ1) is 11.6. The molecule has 2 aromatic rings. The molecule has 3 heteroatoms. The molecule has 1 aliphatic heterocycles. The second-order valence-corrected chi connectivity index (χ2v) is 6.84. The van der Waals surface area contributed by atoms with Gasteiger partial charge in [-0.2, -0.15) is 0 Å². The van der Waals surface area contributed by atoms with E-state index in [0.29, 0.717) is 0 Å². The summed E-state index contributed by atoms with van der Waals surface area (Å²) in [4.78, 5) is 4.87. The van der Waals surface area contributed by atoms with Crippen molar-refractivity contribution in [1.82, 2.24) is 4.90 Å². The van der Waals surface area contributed by atoms with Crippen LogP contribution < -0.4 is 4.90 Å². The van der Waals surface area contributed by atoms with Crippen LogP contribution in [0.3, 0.4) is 0 Å². The molecule has 0 saturated carbocycles. The Bertz CT molecular complexity index is 663. The zero-order valence-corrected chi connectivity index (χ0v) is 14.9. The maximum Gasteiger partial charge on any atom is 0.0942 e. The largest absolute Gasteiger partial charge is 0.387 e. The fraction of sp³-hybridized carbons (Fsp3) is 0.455. The molecular weight excluding hydrogens is 308 g/mol. The topological polar surface area (TPSA) is 26.7 Å². The van der Waals surface area contributed by atoms with Crippen molar-refractivity contribution >= 4 is 5.69 Å². The standard InChI is InChI=1S/C21H28N2O.CH4/c1-16-8-7-11-20(17(16)2)23-14-12-22(13-15-23)18(3)21(24)19-9-5-4-6-10-19;/h4-11,18,21,24H,12-15H2,1-3H3;1H4. The van der Waals surface area contributed by atoms with Crippen molar-refractivity contribution in [2.75, 3.05) is 31.1 Å². The number of aliphatic hydroxyl groups is 1. The lowest BCUT2D eigenvalue weighted by Crippen LogP contribution is -2.51. The van der Waals surface area contributed by atoms with Gasteiger partial charge in [0.05, 0.1) is 6.10 Å². The molecule has 1 aliphatic rings. The van der Waals surface area contributed by atoms with Gasteiger partial charge in [0.25, 0.3) is 0 Å². The summed E-state index contributed by atoms with van der Waals surface area (Å²) >= 11 is 0. The molecule has 3 nitrogen and oxygen atoms in total. The minimum atomic E-state index is -0.432. The minimum absolute atomic E-state index is 0. The summed E-state index contributed by atoms with van der Waals surface area (Å²) in [6.45, 7) is 10.5. The van der Waals surface area contributed by atoms with Crippen LogP contribution in [0.4, 0.5) is 5.69 Å². The first kappa shape index (κ1) is 19.5. The lowest BCUT2D eigenvalue weighted by atomic mass is 10.0. The van der Waals surface area contributed by atoms with E-state index in [9.17, 15) is 5.11 Å². The molecule has 2 unspecified atom stereocenters. The summed E-state index contributed by atoms with van der Waals surface area (Å²) in [7, 11) is 0. The summed E-state index contributed by atoms with van der Waals surface area (Å²) in [6, 6.07) is 16.7. The summed E-state index contributed by atoms with van der Waals surface area (Å²) in [6.07, 6.45) is -0.432. The second kappa shape index (κ2) is 8.50. The molecule has 0 aromatic heterocycles. The van der Waals surface area contributed by atoms with E-state index in [1.165, 1.54) is 16.8 Å². The van der Waals surface area contributed by atoms with Crippen molar-refractivity contribution in [2.45, 2.75) is 40.3 Å². The predicted octanol–water partition coefficient (Wildman–Crippen LogP) is 4.18. The molecule has 0 amide bonds. The van der Waals surface area contributed by atoms with Crippen LogP contribution in [-0.2, 0) is 0 Å². The average molecular weight is 341 g/mol. The van der Waals surface area contributed by atoms with E-state index in [0.717, 1.165) is 31.7 Å². The third-order valence-electron chi connectivity index (χ3n) is 5.40. The van der Waals surface area contributed by atoms with Crippen LogP contribution in [0.2, 0.25) is 0 Å². The van der Waals surface area contributed by atoms with Crippen LogP contribution in [-0.4, -0.2) is 42.2 Å². The van der Waals surface area contributed by atoms with Gasteiger partial charge in [0.1, 0.15) is 0 Å². The van der Waals surface area contributed by atoms with Gasteiger partial charge in [-0.05, 0) is 43.5 Å². The zero-order valence-electron chi connectivity index (χ0n) is 14.9. The smallest absolute Gasteiger partial charge is 0.0942 e. The van der Waals surface area contributed by atoms with Gasteiger partial charge in [0.2, 0.25) is 0 Å². The second-order valence-electron chi connectivity index (χ2n) is 6.84. The molecule has 2 aromatic carbocycles. The third-order valence-corrected chi connectivity index (χ3v) is 5.40. The van der Waals surface area contributed by atoms with E-state index in [2.05, 4.69) is 48.8 Å². The predicted molar refractivity (Wildman–Crippen MR) is 107 cm³/mol. The maximum atomic E-state index is 10.6. The number of aliphatic hydroxyl groups excluding tert-OH is 1. The third kappa shape index (κ3) is 4.23. The van der Waals surface area contributed by atoms with Gasteiger partial charge < -0.3 is 10.0 Å². The van der Waals surface area contributed by atoms with Crippen molar-refractivity contribution in [1.29, 1.82) is 0 Å². The molecule has 25 heavy (non-hydrogen) atoms. The Balaban J connectivity index is 0.00000225. The Morgan fingerprint density at radius 1 is 0.880 bits per heavy atom. The van der Waals surface area contributed by atoms with Crippen molar-refractivity contribution in [2.24, 2.45) is 0 Å². The normalized spacial score (nSPS) is 17.7. The summed E-state index contributed by atoms with van der Waals surface area (Å²) < 4.78 is 0. The SMILES string of the molecule is C.Cc1cccc(N2CCN(C(C)C(O)c3ccccc3)CC2)c1C. The number of anilines is 1. The molecule has 1 heterocycles. The molecule has 136 valence electrons. The fourth-order valence-corrected chi connectivity index (χ4v) is 3.58. The van der Waals surface area contributed by atoms with Crippen molar-refractivity contribution in [3.8, 4) is 0 Å². The van der Waals surface area contributed by atoms with Crippen LogP contribution >= 0.6 is 0 Å². The summed E-state index contributed by atoms with van der Waals surface area (Å²) in [5.41, 5.74) is 5.08. The van der Waals surface area contributed by atoms with Gasteiger partial charge in [0.15, 0.2) is 0 Å². The van der Waals surface area contributed by atoms with Crippen LogP contribution in [0, 0.1) is 13.8 Å². The van der Waals surface area contributed by atoms with Gasteiger partial charge in [0, 0.05) is 37.9 Å². The zero-order chi connectivity index (χ0) is 17.1. The average Bonchev–Trinajstić information content (AvgIpc) is 2.64. The van der Waals surface area contributed by atoms with E-state index in [-0.39, 0.29) is 13.5 Å². The molecule has 0 spiro atoms. The highest BCUT2D eigenvalue weighted by atomic mass is 16.3. The number of hydrogen-bond donors (Lipinski definition) is 1. The monoisotopic (exact) mass is 340 g/mol. The lowest BCUT2D eigenvalue weighted by Gasteiger charge is -2.41. The van der Waals surface area contributed by atoms with Gasteiger partial charge >= 0.3 is 0 Å². The molecule has 3 rings (SSSR count). The number of benzene rings is 2. The highest BCUT2D eigenvalue weighted by Crippen LogP contribution is 2.26. The maximum absolute atomic E-state index is 10.6. The quantitative estimate of drug-likeness (QED) is 0.904. The van der Waals surface area contributed by atoms with Crippen LogP contribution in [0.15, 0.2) is 48.5 Å². The van der Waals surface area contributed by atoms with Crippen LogP contribution in [0.1, 0.15) is 37.1 Å². The fourth-order valence-electron chi connectivity index (χ4n) is 3.58. The van der Waals surface area contributed by atoms with Crippen molar-refractivity contribution < 1.29 is 5.11 Å². The summed E-state index contributed by atoms with van der Waals surface area (Å²) in [5, 5.41) is 10.6. The van der Waals surface area contributed by atoms with Gasteiger partial charge in [-0.25, -0.2) is 0 Å². The van der Waals surface area contributed by atoms with Crippen molar-refractivity contribution in [3.63, 3.8) is 0 Å². The Kier molecular flexibility index (Phi) is 6.63. The van der Waals surface area contributed by atoms with E-state index in [1.807, 2.05) is 30.3 Å². The number of aryl methyl sites for hydroxylation is 1. The van der Waals surface area contributed by atoms with Crippen LogP contribution in [0.25, 0.3) is 0 Å². The van der Waals surface area contributed by atoms with E-state index >= 15 is 0 Å². The lowest BCUT2D eigenvalue weighted by molar-refractivity contribution is 0.0545. The molecule has 0 aliphatic carbocycles. The number of piperazine rings is 1. The molecule has 1 saturated heterocycles. The molecule has 2 atom stereocenters. The van der Waals surface area contributed by atoms with E-state index in [4.69, 9.17) is 0 Å². The highest BCUT2D eigenvalue weighted by Gasteiger charge is 2.27. The Hall–Kier alpha value is -1.84. The van der Waals surface area contributed by atoms with Gasteiger partial charge in [-0.15, -0.1) is 0 Å². The molecule has 0 bridgehead atoms. The molecule has 1 fully saturated rings. The first-order valence-corrected chi connectivity index (χ1v) is 8.86. The van der Waals surface area contributed by atoms with E-state index in [1.54, 1.807) is 0 Å². The summed E-state index contributed by atoms with van der Waals surface area (Å²) in [5.74, 6) is 0. The van der Waals surface area contributed by atoms with Crippen LogP contribution in [0.5, 0.6) is 0 Å². The Morgan fingerprint density at radius 3 is 2.16 bits per heavy atom. The highest BCUT2D eigenvalue weighted by molar-refractivity contribution is 5.56. The Labute approximate surface area is 152 Å². The first-order valence-electron chi connectivity index (χ1n) is 8.86. The molecule has 1 N–H and O–H groups in total. The van der Waals surface area contributed by atoms with Crippen molar-refractivity contribution in [3.05, 3.63) is 65.2 Å². The minimum Gasteiger partial charge on any atom is -0.387 e. The van der Waals surface area contributed by atoms with Gasteiger partial charge in [-0.3, -0.25) is 4.90 Å². The number of nitrogens with zero attached hydrogens (tertiary/aromatic N) is 2. The van der Waals surface area contributed by atoms with Gasteiger partial charge in [-0.1, -0.05) is 49.9 Å².